The first-order valence-electron chi connectivity index (χ1n) is 4.88. The highest BCUT2D eigenvalue weighted by Crippen LogP contribution is 2.25. The fourth-order valence-corrected chi connectivity index (χ4v) is 2.31. The fourth-order valence-electron chi connectivity index (χ4n) is 1.50. The Labute approximate surface area is 96.0 Å². The van der Waals surface area contributed by atoms with Gasteiger partial charge in [0.25, 0.3) is 0 Å². The summed E-state index contributed by atoms with van der Waals surface area (Å²) in [4.78, 5) is 8.41. The molecule has 3 rings (SSSR count). The molecule has 0 amide bonds. The molecule has 0 radical (unpaired) electrons. The van der Waals surface area contributed by atoms with E-state index >= 15 is 0 Å². The second kappa shape index (κ2) is 3.94. The predicted molar refractivity (Wildman–Crippen MR) is 63.4 cm³/mol. The van der Waals surface area contributed by atoms with Crippen molar-refractivity contribution in [2.24, 2.45) is 0 Å². The summed E-state index contributed by atoms with van der Waals surface area (Å²) in [5.74, 6) is 1.75. The normalized spacial score (nSPS) is 10.8. The maximum absolute atomic E-state index is 5.25. The van der Waals surface area contributed by atoms with Gasteiger partial charge in [-0.3, -0.25) is 0 Å². The molecule has 0 fully saturated rings. The zero-order chi connectivity index (χ0) is 10.8. The SMILES string of the molecule is c1coc(CNc2ncnc3ccsc23)c1. The third-order valence-electron chi connectivity index (χ3n) is 2.25. The van der Waals surface area contributed by atoms with Crippen LogP contribution in [0.5, 0.6) is 0 Å². The zero-order valence-electron chi connectivity index (χ0n) is 8.38. The molecule has 0 aliphatic carbocycles. The first-order chi connectivity index (χ1) is 7.93. The zero-order valence-corrected chi connectivity index (χ0v) is 9.20. The van der Waals surface area contributed by atoms with Crippen molar-refractivity contribution in [3.63, 3.8) is 0 Å². The van der Waals surface area contributed by atoms with Crippen LogP contribution in [0, 0.1) is 0 Å². The van der Waals surface area contributed by atoms with Crippen LogP contribution in [0.2, 0.25) is 0 Å². The number of thiophene rings is 1. The predicted octanol–water partition coefficient (Wildman–Crippen LogP) is 2.90. The molecule has 0 bridgehead atoms. The quantitative estimate of drug-likeness (QED) is 0.753. The lowest BCUT2D eigenvalue weighted by molar-refractivity contribution is 0.518. The summed E-state index contributed by atoms with van der Waals surface area (Å²) < 4.78 is 6.32. The third kappa shape index (κ3) is 1.65. The van der Waals surface area contributed by atoms with E-state index in [9.17, 15) is 0 Å². The molecule has 0 aliphatic heterocycles. The highest BCUT2D eigenvalue weighted by Gasteiger charge is 2.04. The van der Waals surface area contributed by atoms with E-state index in [4.69, 9.17) is 4.42 Å². The Morgan fingerprint density at radius 2 is 2.31 bits per heavy atom. The minimum atomic E-state index is 0.636. The first kappa shape index (κ1) is 9.35. The molecule has 3 aromatic heterocycles. The molecule has 0 saturated carbocycles. The van der Waals surface area contributed by atoms with E-state index < -0.39 is 0 Å². The van der Waals surface area contributed by atoms with Gasteiger partial charge in [0.2, 0.25) is 0 Å². The number of rotatable bonds is 3. The van der Waals surface area contributed by atoms with Crippen molar-refractivity contribution >= 4 is 27.4 Å². The second-order valence-electron chi connectivity index (χ2n) is 3.29. The number of nitrogens with zero attached hydrogens (tertiary/aromatic N) is 2. The Morgan fingerprint density at radius 1 is 1.31 bits per heavy atom. The Kier molecular flexibility index (Phi) is 2.30. The molecule has 1 N–H and O–H groups in total. The first-order valence-corrected chi connectivity index (χ1v) is 5.76. The summed E-state index contributed by atoms with van der Waals surface area (Å²) >= 11 is 1.63. The smallest absolute Gasteiger partial charge is 0.147 e. The van der Waals surface area contributed by atoms with E-state index in [-0.39, 0.29) is 0 Å². The molecule has 0 saturated heterocycles. The lowest BCUT2D eigenvalue weighted by Crippen LogP contribution is -2.00. The average Bonchev–Trinajstić information content (AvgIpc) is 2.97. The highest BCUT2D eigenvalue weighted by atomic mass is 32.1. The number of hydrogen-bond donors (Lipinski definition) is 1. The molecule has 5 heteroatoms. The van der Waals surface area contributed by atoms with Gasteiger partial charge < -0.3 is 9.73 Å². The third-order valence-corrected chi connectivity index (χ3v) is 3.16. The van der Waals surface area contributed by atoms with E-state index in [1.165, 1.54) is 0 Å². The van der Waals surface area contributed by atoms with Crippen LogP contribution in [0.15, 0.2) is 40.6 Å². The van der Waals surface area contributed by atoms with Crippen molar-refractivity contribution in [1.29, 1.82) is 0 Å². The van der Waals surface area contributed by atoms with Crippen molar-refractivity contribution in [1.82, 2.24) is 9.97 Å². The Bertz CT molecular complexity index is 588. The molecule has 0 unspecified atom stereocenters. The molecule has 0 atom stereocenters. The van der Waals surface area contributed by atoms with Crippen molar-refractivity contribution in [2.45, 2.75) is 6.54 Å². The molecular weight excluding hydrogens is 222 g/mol. The number of fused-ring (bicyclic) bond motifs is 1. The maximum Gasteiger partial charge on any atom is 0.147 e. The van der Waals surface area contributed by atoms with Crippen LogP contribution in [0.1, 0.15) is 5.76 Å². The topological polar surface area (TPSA) is 51.0 Å². The number of hydrogen-bond acceptors (Lipinski definition) is 5. The molecule has 3 aromatic rings. The number of aromatic nitrogens is 2. The van der Waals surface area contributed by atoms with E-state index in [0.717, 1.165) is 21.8 Å². The van der Waals surface area contributed by atoms with Crippen LogP contribution < -0.4 is 5.32 Å². The van der Waals surface area contributed by atoms with E-state index in [1.807, 2.05) is 23.6 Å². The van der Waals surface area contributed by atoms with Gasteiger partial charge in [0.15, 0.2) is 0 Å². The molecular formula is C11H9N3OS. The van der Waals surface area contributed by atoms with Crippen LogP contribution in [0.4, 0.5) is 5.82 Å². The summed E-state index contributed by atoms with van der Waals surface area (Å²) in [6.45, 7) is 0.636. The molecule has 4 nitrogen and oxygen atoms in total. The van der Waals surface area contributed by atoms with Gasteiger partial charge in [0.1, 0.15) is 17.9 Å². The number of anilines is 1. The summed E-state index contributed by atoms with van der Waals surface area (Å²) in [5, 5.41) is 5.25. The van der Waals surface area contributed by atoms with E-state index in [0.29, 0.717) is 6.54 Å². The van der Waals surface area contributed by atoms with Gasteiger partial charge in [0, 0.05) is 0 Å². The van der Waals surface area contributed by atoms with E-state index in [2.05, 4.69) is 15.3 Å². The van der Waals surface area contributed by atoms with Crippen LogP contribution in [-0.4, -0.2) is 9.97 Å². The summed E-state index contributed by atoms with van der Waals surface area (Å²) in [7, 11) is 0. The van der Waals surface area contributed by atoms with Crippen LogP contribution in [0.25, 0.3) is 10.2 Å². The summed E-state index contributed by atoms with van der Waals surface area (Å²) in [6.07, 6.45) is 3.23. The second-order valence-corrected chi connectivity index (χ2v) is 4.21. The highest BCUT2D eigenvalue weighted by molar-refractivity contribution is 7.17. The van der Waals surface area contributed by atoms with E-state index in [1.54, 1.807) is 23.9 Å². The van der Waals surface area contributed by atoms with Gasteiger partial charge in [-0.05, 0) is 23.6 Å². The van der Waals surface area contributed by atoms with Crippen LogP contribution >= 0.6 is 11.3 Å². The Morgan fingerprint density at radius 3 is 3.19 bits per heavy atom. The standard InChI is InChI=1S/C11H9N3OS/c1-2-8(15-4-1)6-12-11-10-9(3-5-16-10)13-7-14-11/h1-5,7H,6H2,(H,12,13,14). The molecule has 3 heterocycles. The van der Waals surface area contributed by atoms with Gasteiger partial charge in [-0.15, -0.1) is 11.3 Å². The molecule has 16 heavy (non-hydrogen) atoms. The lowest BCUT2D eigenvalue weighted by Gasteiger charge is -2.03. The van der Waals surface area contributed by atoms with Gasteiger partial charge in [-0.1, -0.05) is 0 Å². The van der Waals surface area contributed by atoms with Gasteiger partial charge in [-0.2, -0.15) is 0 Å². The monoisotopic (exact) mass is 231 g/mol. The van der Waals surface area contributed by atoms with Gasteiger partial charge in [-0.25, -0.2) is 9.97 Å². The molecule has 0 aromatic carbocycles. The Balaban J connectivity index is 1.86. The molecule has 0 spiro atoms. The van der Waals surface area contributed by atoms with Crippen LogP contribution in [-0.2, 0) is 6.54 Å². The van der Waals surface area contributed by atoms with Gasteiger partial charge in [0.05, 0.1) is 23.0 Å². The largest absolute Gasteiger partial charge is 0.467 e. The molecule has 0 aliphatic rings. The van der Waals surface area contributed by atoms with Crippen molar-refractivity contribution in [3.8, 4) is 0 Å². The number of furan rings is 1. The molecule has 80 valence electrons. The van der Waals surface area contributed by atoms with Crippen molar-refractivity contribution in [3.05, 3.63) is 41.9 Å². The van der Waals surface area contributed by atoms with Crippen molar-refractivity contribution < 1.29 is 4.42 Å². The minimum Gasteiger partial charge on any atom is -0.467 e. The minimum absolute atomic E-state index is 0.636. The number of nitrogens with one attached hydrogen (secondary N) is 1. The summed E-state index contributed by atoms with van der Waals surface area (Å²) in [6, 6.07) is 5.79. The summed E-state index contributed by atoms with van der Waals surface area (Å²) in [5.41, 5.74) is 0.974. The lowest BCUT2D eigenvalue weighted by atomic mass is 10.4. The van der Waals surface area contributed by atoms with Gasteiger partial charge >= 0.3 is 0 Å². The average molecular weight is 231 g/mol. The maximum atomic E-state index is 5.25. The van der Waals surface area contributed by atoms with Crippen molar-refractivity contribution in [2.75, 3.05) is 5.32 Å². The Hall–Kier alpha value is -1.88. The van der Waals surface area contributed by atoms with Crippen LogP contribution in [0.3, 0.4) is 0 Å². The fraction of sp³-hybridized carbons (Fsp3) is 0.0909.